The number of thiazole rings is 1. The van der Waals surface area contributed by atoms with Crippen LogP contribution in [0.1, 0.15) is 32.8 Å². The van der Waals surface area contributed by atoms with Crippen LogP contribution in [0.2, 0.25) is 0 Å². The molecule has 37 heteroatoms. The Labute approximate surface area is 423 Å². The van der Waals surface area contributed by atoms with Crippen LogP contribution in [-0.2, 0) is 50.6 Å². The predicted molar refractivity (Wildman–Crippen MR) is 254 cm³/mol. The summed E-state index contributed by atoms with van der Waals surface area (Å²) in [5, 5.41) is 66.6. The van der Waals surface area contributed by atoms with Gasteiger partial charge in [0.15, 0.2) is 11.4 Å². The number of hydrogen-bond donors (Lipinski definition) is 9. The zero-order chi connectivity index (χ0) is 55.3. The normalized spacial score (nSPS) is 13.0. The van der Waals surface area contributed by atoms with Crippen LogP contribution in [-0.4, -0.2) is 124 Å². The fourth-order valence-electron chi connectivity index (χ4n) is 6.72. The van der Waals surface area contributed by atoms with Crippen molar-refractivity contribution in [3.8, 4) is 23.1 Å². The minimum absolute atomic E-state index is 0.0617. The van der Waals surface area contributed by atoms with Gasteiger partial charge in [-0.3, -0.25) is 22.8 Å². The number of carboxylic acids is 2. The van der Waals surface area contributed by atoms with Crippen LogP contribution in [0.4, 0.5) is 33.6 Å². The van der Waals surface area contributed by atoms with Crippen LogP contribution >= 0.6 is 11.3 Å². The van der Waals surface area contributed by atoms with Crippen molar-refractivity contribution in [1.29, 1.82) is 0 Å². The molecule has 0 unspecified atom stereocenters. The van der Waals surface area contributed by atoms with E-state index in [0.29, 0.717) is 22.1 Å². The Morgan fingerprint density at radius 1 is 0.653 bits per heavy atom. The summed E-state index contributed by atoms with van der Waals surface area (Å²) in [6.45, 7) is 0.947. The molecule has 0 radical (unpaired) electrons. The number of fused-ring (bicyclic) bond motifs is 2. The third-order valence-corrected chi connectivity index (χ3v) is 15.5. The van der Waals surface area contributed by atoms with Crippen molar-refractivity contribution >= 4 is 128 Å². The summed E-state index contributed by atoms with van der Waals surface area (Å²) in [7, 11) is -25.4. The maximum Gasteiger partial charge on any atom is 0.358 e. The molecule has 2 heterocycles. The SMILES string of the molecule is Cc1cc(N=Nc2c(S(=O)(=O)O)cc3c(S(=O)(=O)O)c(N=Nc4c(C(=O)O)nn(-c5ccc(S(=O)(=O)O)cc5)c4O)ccc3c2O)c(OCCCS(=O)(=O)O)cc1N=Nc1nc2ccc(C(=O)O)c(S(=O)(=O)O)c2s1. The molecule has 0 atom stereocenters. The Morgan fingerprint density at radius 3 is 1.87 bits per heavy atom. The lowest BCUT2D eigenvalue weighted by Gasteiger charge is -2.13. The van der Waals surface area contributed by atoms with Gasteiger partial charge in [-0.15, -0.1) is 30.7 Å². The van der Waals surface area contributed by atoms with Gasteiger partial charge in [0.25, 0.3) is 50.6 Å². The van der Waals surface area contributed by atoms with Gasteiger partial charge in [-0.2, -0.15) is 51.9 Å². The number of benzene rings is 5. The van der Waals surface area contributed by atoms with E-state index in [1.807, 2.05) is 0 Å². The summed E-state index contributed by atoms with van der Waals surface area (Å²) < 4.78 is 177. The monoisotopic (exact) mass is 1150 g/mol. The minimum atomic E-state index is -5.59. The number of phenolic OH excluding ortho intramolecular Hbond substituents is 1. The molecule has 394 valence electrons. The fourth-order valence-corrected chi connectivity index (χ4v) is 11.2. The van der Waals surface area contributed by atoms with E-state index in [1.165, 1.54) is 13.0 Å². The maximum absolute atomic E-state index is 13.0. The van der Waals surface area contributed by atoms with Crippen molar-refractivity contribution in [2.75, 3.05) is 12.4 Å². The van der Waals surface area contributed by atoms with Gasteiger partial charge in [-0.05, 0) is 79.6 Å². The number of aryl methyl sites for hydroxylation is 1. The van der Waals surface area contributed by atoms with Gasteiger partial charge in [0, 0.05) is 16.8 Å². The van der Waals surface area contributed by atoms with Crippen molar-refractivity contribution in [3.63, 3.8) is 0 Å². The molecule has 2 aromatic heterocycles. The number of ether oxygens (including phenoxy) is 1. The summed E-state index contributed by atoms with van der Waals surface area (Å²) in [5.41, 5.74) is -5.21. The average molecular weight is 1160 g/mol. The molecule has 0 aliphatic carbocycles. The lowest BCUT2D eigenvalue weighted by Crippen LogP contribution is -2.08. The van der Waals surface area contributed by atoms with Crippen LogP contribution in [0.25, 0.3) is 26.7 Å². The van der Waals surface area contributed by atoms with Crippen molar-refractivity contribution in [1.82, 2.24) is 14.8 Å². The van der Waals surface area contributed by atoms with Crippen molar-refractivity contribution in [2.24, 2.45) is 30.7 Å². The van der Waals surface area contributed by atoms with E-state index < -0.39 is 145 Å². The smallest absolute Gasteiger partial charge is 0.358 e. The molecule has 31 nitrogen and oxygen atoms in total. The van der Waals surface area contributed by atoms with E-state index in [1.54, 1.807) is 0 Å². The number of rotatable bonds is 18. The highest BCUT2D eigenvalue weighted by molar-refractivity contribution is 7.87. The van der Waals surface area contributed by atoms with E-state index in [0.717, 1.165) is 54.6 Å². The Kier molecular flexibility index (Phi) is 14.7. The molecule has 0 aliphatic rings. The highest BCUT2D eigenvalue weighted by Crippen LogP contribution is 2.47. The number of hydrogen-bond acceptors (Lipinski definition) is 24. The molecule has 0 bridgehead atoms. The zero-order valence-corrected chi connectivity index (χ0v) is 41.7. The van der Waals surface area contributed by atoms with Crippen LogP contribution in [0, 0.1) is 6.92 Å². The molecular formula is C38H29N9O22S6. The van der Waals surface area contributed by atoms with Gasteiger partial charge in [0.05, 0.1) is 44.4 Å². The molecule has 7 aromatic rings. The van der Waals surface area contributed by atoms with E-state index in [4.69, 9.17) is 4.74 Å². The van der Waals surface area contributed by atoms with Gasteiger partial charge in [-0.1, -0.05) is 11.3 Å². The molecule has 0 saturated heterocycles. The summed E-state index contributed by atoms with van der Waals surface area (Å²) in [4.78, 5) is 23.7. The molecule has 7 rings (SSSR count). The highest BCUT2D eigenvalue weighted by atomic mass is 32.2. The van der Waals surface area contributed by atoms with Crippen molar-refractivity contribution < 1.29 is 99.6 Å². The number of aromatic hydroxyl groups is 2. The molecular weight excluding hydrogens is 1130 g/mol. The molecule has 0 saturated carbocycles. The molecule has 75 heavy (non-hydrogen) atoms. The number of carboxylic acid groups (broad SMARTS) is 2. The summed E-state index contributed by atoms with van der Waals surface area (Å²) in [6.07, 6.45) is -0.335. The van der Waals surface area contributed by atoms with E-state index in [-0.39, 0.29) is 50.1 Å². The second-order valence-electron chi connectivity index (χ2n) is 15.0. The maximum atomic E-state index is 13.0. The first kappa shape index (κ1) is 54.9. The molecule has 0 aliphatic heterocycles. The van der Waals surface area contributed by atoms with E-state index in [2.05, 4.69) is 40.8 Å². The Morgan fingerprint density at radius 2 is 1.28 bits per heavy atom. The zero-order valence-electron chi connectivity index (χ0n) is 36.8. The topological polar surface area (TPSA) is 501 Å². The van der Waals surface area contributed by atoms with Crippen LogP contribution < -0.4 is 4.74 Å². The van der Waals surface area contributed by atoms with Crippen LogP contribution in [0.3, 0.4) is 0 Å². The highest BCUT2D eigenvalue weighted by Gasteiger charge is 2.30. The lowest BCUT2D eigenvalue weighted by molar-refractivity contribution is 0.0681. The first-order valence-electron chi connectivity index (χ1n) is 19.8. The molecule has 0 spiro atoms. The van der Waals surface area contributed by atoms with Gasteiger partial charge in [0.2, 0.25) is 16.7 Å². The van der Waals surface area contributed by atoms with Gasteiger partial charge in [0.1, 0.15) is 37.5 Å². The van der Waals surface area contributed by atoms with Crippen molar-refractivity contribution in [3.05, 3.63) is 83.6 Å². The second-order valence-corrected chi connectivity index (χ2v) is 23.1. The van der Waals surface area contributed by atoms with Crippen molar-refractivity contribution in [2.45, 2.75) is 32.9 Å². The third kappa shape index (κ3) is 11.9. The first-order valence-corrected chi connectivity index (χ1v) is 28.0. The number of aromatic carboxylic acids is 2. The van der Waals surface area contributed by atoms with Gasteiger partial charge < -0.3 is 25.2 Å². The Hall–Kier alpha value is -7.85. The molecule has 9 N–H and O–H groups in total. The number of phenols is 1. The minimum Gasteiger partial charge on any atom is -0.505 e. The molecule has 0 fully saturated rings. The number of nitrogens with zero attached hydrogens (tertiary/aromatic N) is 9. The largest absolute Gasteiger partial charge is 0.505 e. The third-order valence-electron chi connectivity index (χ3n) is 9.95. The van der Waals surface area contributed by atoms with E-state index >= 15 is 0 Å². The number of aromatic nitrogens is 3. The Balaban J connectivity index is 1.31. The quantitative estimate of drug-likeness (QED) is 0.0247. The molecule has 5 aromatic carbocycles. The lowest BCUT2D eigenvalue weighted by atomic mass is 10.1. The fraction of sp³-hybridized carbons (Fsp3) is 0.105. The Bertz CT molecular complexity index is 4250. The number of carbonyl (C=O) groups is 2. The van der Waals surface area contributed by atoms with Gasteiger partial charge in [-0.25, -0.2) is 14.6 Å². The predicted octanol–water partition coefficient (Wildman–Crippen LogP) is 6.64. The summed E-state index contributed by atoms with van der Waals surface area (Å²) >= 11 is 0.532. The van der Waals surface area contributed by atoms with E-state index in [9.17, 15) is 94.9 Å². The molecule has 0 amide bonds. The van der Waals surface area contributed by atoms with Crippen LogP contribution in [0.15, 0.2) is 117 Å². The summed E-state index contributed by atoms with van der Waals surface area (Å²) in [5.74, 6) is -6.92. The van der Waals surface area contributed by atoms with Gasteiger partial charge >= 0.3 is 11.9 Å². The average Bonchev–Trinajstić information content (AvgIpc) is 3.87. The summed E-state index contributed by atoms with van der Waals surface area (Å²) in [6, 6.07) is 10.2. The first-order chi connectivity index (χ1) is 34.7. The van der Waals surface area contributed by atoms with Crippen LogP contribution in [0.5, 0.6) is 17.4 Å². The standard InChI is InChI=1S/C38H29N9O22S6/c1-16-13-25(26(69-11-2-12-71(54,55)56)15-24(16)41-45-38-39-22-9-8-20(36(50)51)34(32(22)70-38)75(66,67)68)42-43-28-27(73(60,61)62)14-21-19(31(28)48)7-10-23(33(21)74(63,64)65)40-44-29-30(37(52)53)46-47(35(29)49)17-3-5-18(6-4-17)72(57,58)59/h3-10,13-15,48-49H,2,11-12H2,1H3,(H,50,51)(H,52,53)(H,54,55,56)(H,57,58,59)(H,60,61,62)(H,63,64,65)(H,66,67,68). The second kappa shape index (κ2) is 20.1. The number of azo groups is 3.